The van der Waals surface area contributed by atoms with E-state index in [1.807, 2.05) is 64.2 Å². The second-order valence-corrected chi connectivity index (χ2v) is 11.7. The van der Waals surface area contributed by atoms with E-state index < -0.39 is 5.41 Å². The largest absolute Gasteiger partial charge is 0.461 e. The molecule has 0 radical (unpaired) electrons. The normalized spacial score (nSPS) is 15.0. The number of carbonyl (C=O) groups is 2. The number of pyridine rings is 2. The Balaban J connectivity index is 1.48. The van der Waals surface area contributed by atoms with E-state index in [1.165, 1.54) is 0 Å². The fourth-order valence-electron chi connectivity index (χ4n) is 5.80. The summed E-state index contributed by atoms with van der Waals surface area (Å²) in [5, 5.41) is 0.594. The van der Waals surface area contributed by atoms with Crippen molar-refractivity contribution in [2.24, 2.45) is 5.41 Å². The number of nitrogens with zero attached hydrogens (tertiary/aromatic N) is 5. The van der Waals surface area contributed by atoms with E-state index in [0.717, 1.165) is 28.1 Å². The highest BCUT2D eigenvalue weighted by atomic mass is 16.3. The van der Waals surface area contributed by atoms with Gasteiger partial charge in [0.2, 0.25) is 11.8 Å². The number of hydrogen-bond acceptors (Lipinski definition) is 6. The summed E-state index contributed by atoms with van der Waals surface area (Å²) in [5.41, 5.74) is 4.82. The van der Waals surface area contributed by atoms with E-state index >= 15 is 0 Å². The number of furan rings is 1. The third kappa shape index (κ3) is 5.25. The van der Waals surface area contributed by atoms with Gasteiger partial charge in [-0.05, 0) is 76.9 Å². The van der Waals surface area contributed by atoms with Gasteiger partial charge in [0.1, 0.15) is 16.8 Å². The summed E-state index contributed by atoms with van der Waals surface area (Å²) in [4.78, 5) is 50.1. The van der Waals surface area contributed by atoms with E-state index in [4.69, 9.17) is 4.42 Å². The number of benzene rings is 1. The van der Waals surface area contributed by atoms with Crippen molar-refractivity contribution in [3.8, 4) is 0 Å². The molecule has 0 fully saturated rings. The van der Waals surface area contributed by atoms with Crippen LogP contribution in [0.15, 0.2) is 58.0 Å². The van der Waals surface area contributed by atoms with Crippen molar-refractivity contribution in [2.45, 2.75) is 61.2 Å². The highest BCUT2D eigenvalue weighted by Crippen LogP contribution is 2.39. The van der Waals surface area contributed by atoms with E-state index in [2.05, 4.69) is 9.88 Å². The van der Waals surface area contributed by atoms with Gasteiger partial charge in [-0.1, -0.05) is 12.1 Å². The average Bonchev–Trinajstić information content (AvgIpc) is 3.35. The maximum Gasteiger partial charge on any atom is 0.261 e. The molecule has 0 N–H and O–H groups in total. The number of aryl methyl sites for hydroxylation is 3. The van der Waals surface area contributed by atoms with Crippen LogP contribution in [0, 0.1) is 26.2 Å². The van der Waals surface area contributed by atoms with Crippen molar-refractivity contribution in [1.29, 1.82) is 0 Å². The van der Waals surface area contributed by atoms with Gasteiger partial charge in [-0.2, -0.15) is 0 Å². The average molecular weight is 570 g/mol. The maximum atomic E-state index is 13.3. The van der Waals surface area contributed by atoms with Crippen LogP contribution in [0.25, 0.3) is 11.0 Å². The molecule has 220 valence electrons. The molecule has 0 bridgehead atoms. The lowest BCUT2D eigenvalue weighted by molar-refractivity contribution is -0.137. The van der Waals surface area contributed by atoms with Crippen LogP contribution < -0.4 is 15.4 Å². The Kier molecular flexibility index (Phi) is 7.81. The molecule has 0 aliphatic carbocycles. The summed E-state index contributed by atoms with van der Waals surface area (Å²) in [5.74, 6) is 0.280. The third-order valence-electron chi connectivity index (χ3n) is 8.24. The first-order valence-corrected chi connectivity index (χ1v) is 14.4. The van der Waals surface area contributed by atoms with Crippen LogP contribution in [0.4, 0.5) is 11.4 Å². The molecule has 2 amide bonds. The standard InChI is InChI=1S/C33H39N5O4/c1-8-38-27-12-11-24(17-28(27)35(7)31(40)33(5,6)32(38)41)19-36(20-26-21(2)10-9-13-34-26)14-15-37-18-22(3)29-25(30(37)39)16-23(4)42-29/h9-13,16-18H,8,14-15,19-20H2,1-7H3. The lowest BCUT2D eigenvalue weighted by Gasteiger charge is -2.27. The zero-order valence-electron chi connectivity index (χ0n) is 25.5. The number of amides is 2. The van der Waals surface area contributed by atoms with Crippen LogP contribution in [-0.2, 0) is 29.2 Å². The zero-order valence-corrected chi connectivity index (χ0v) is 25.5. The lowest BCUT2D eigenvalue weighted by atomic mass is 9.90. The van der Waals surface area contributed by atoms with Crippen LogP contribution in [0.5, 0.6) is 0 Å². The highest BCUT2D eigenvalue weighted by Gasteiger charge is 2.45. The smallest absolute Gasteiger partial charge is 0.261 e. The summed E-state index contributed by atoms with van der Waals surface area (Å²) in [6.07, 6.45) is 3.66. The third-order valence-corrected chi connectivity index (χ3v) is 8.24. The predicted octanol–water partition coefficient (Wildman–Crippen LogP) is 4.97. The summed E-state index contributed by atoms with van der Waals surface area (Å²) in [6, 6.07) is 11.7. The van der Waals surface area contributed by atoms with Gasteiger partial charge in [0.15, 0.2) is 0 Å². The Morgan fingerprint density at radius 2 is 1.71 bits per heavy atom. The number of hydrogen-bond donors (Lipinski definition) is 0. The maximum absolute atomic E-state index is 13.3. The van der Waals surface area contributed by atoms with Crippen molar-refractivity contribution in [1.82, 2.24) is 14.5 Å². The summed E-state index contributed by atoms with van der Waals surface area (Å²) < 4.78 is 7.50. The van der Waals surface area contributed by atoms with Gasteiger partial charge in [0, 0.05) is 57.7 Å². The van der Waals surface area contributed by atoms with Gasteiger partial charge in [-0.3, -0.25) is 24.3 Å². The SMILES string of the molecule is CCN1C(=O)C(C)(C)C(=O)N(C)c2cc(CN(CCn3cc(C)c4oc(C)cc4c3=O)Cc3ncccc3C)ccc21. The number of aromatic nitrogens is 2. The van der Waals surface area contributed by atoms with E-state index in [1.54, 1.807) is 47.5 Å². The van der Waals surface area contributed by atoms with Crippen molar-refractivity contribution in [2.75, 3.05) is 29.9 Å². The summed E-state index contributed by atoms with van der Waals surface area (Å²) >= 11 is 0. The number of rotatable bonds is 8. The molecular weight excluding hydrogens is 530 g/mol. The first-order chi connectivity index (χ1) is 19.9. The van der Waals surface area contributed by atoms with Gasteiger partial charge < -0.3 is 18.8 Å². The zero-order chi connectivity index (χ0) is 30.3. The van der Waals surface area contributed by atoms with Crippen molar-refractivity contribution >= 4 is 34.2 Å². The minimum Gasteiger partial charge on any atom is -0.461 e. The molecule has 42 heavy (non-hydrogen) atoms. The van der Waals surface area contributed by atoms with Crippen LogP contribution in [0.2, 0.25) is 0 Å². The van der Waals surface area contributed by atoms with Crippen molar-refractivity contribution in [3.05, 3.63) is 87.3 Å². The molecule has 9 nitrogen and oxygen atoms in total. The van der Waals surface area contributed by atoms with Crippen LogP contribution in [0.3, 0.4) is 0 Å². The molecule has 3 aromatic heterocycles. The topological polar surface area (TPSA) is 91.9 Å². The Bertz CT molecular complexity index is 1730. The van der Waals surface area contributed by atoms with E-state index in [0.29, 0.717) is 55.1 Å². The molecule has 4 aromatic rings. The second-order valence-electron chi connectivity index (χ2n) is 11.7. The molecule has 0 unspecified atom stereocenters. The molecule has 1 aliphatic heterocycles. The number of fused-ring (bicyclic) bond motifs is 2. The number of carbonyl (C=O) groups excluding carboxylic acids is 2. The summed E-state index contributed by atoms with van der Waals surface area (Å²) in [7, 11) is 1.73. The second kappa shape index (κ2) is 11.2. The van der Waals surface area contributed by atoms with Crippen molar-refractivity contribution < 1.29 is 14.0 Å². The minimum atomic E-state index is -1.16. The van der Waals surface area contributed by atoms with E-state index in [9.17, 15) is 14.4 Å². The fraction of sp³-hybridized carbons (Fsp3) is 0.394. The van der Waals surface area contributed by atoms with Gasteiger partial charge in [0.05, 0.1) is 22.5 Å². The predicted molar refractivity (Wildman–Crippen MR) is 165 cm³/mol. The molecule has 0 atom stereocenters. The summed E-state index contributed by atoms with van der Waals surface area (Å²) in [6.45, 7) is 13.8. The Labute approximate surface area is 246 Å². The lowest BCUT2D eigenvalue weighted by Crippen LogP contribution is -2.47. The van der Waals surface area contributed by atoms with Crippen LogP contribution in [-0.4, -0.2) is 46.4 Å². The molecule has 1 aliphatic rings. The first kappa shape index (κ1) is 29.3. The Morgan fingerprint density at radius 3 is 2.43 bits per heavy atom. The van der Waals surface area contributed by atoms with Crippen LogP contribution >= 0.6 is 0 Å². The van der Waals surface area contributed by atoms with Crippen molar-refractivity contribution in [3.63, 3.8) is 0 Å². The molecule has 0 saturated carbocycles. The molecule has 4 heterocycles. The molecule has 0 spiro atoms. The Morgan fingerprint density at radius 1 is 0.952 bits per heavy atom. The molecule has 5 rings (SSSR count). The van der Waals surface area contributed by atoms with Gasteiger partial charge in [0.25, 0.3) is 5.56 Å². The molecule has 0 saturated heterocycles. The molecule has 9 heteroatoms. The van der Waals surface area contributed by atoms with Gasteiger partial charge >= 0.3 is 0 Å². The fourth-order valence-corrected chi connectivity index (χ4v) is 5.80. The van der Waals surface area contributed by atoms with Crippen LogP contribution in [0.1, 0.15) is 48.9 Å². The Hall–Kier alpha value is -4.24. The monoisotopic (exact) mass is 569 g/mol. The van der Waals surface area contributed by atoms with E-state index in [-0.39, 0.29) is 17.4 Å². The molecular formula is C33H39N5O4. The van der Waals surface area contributed by atoms with Gasteiger partial charge in [-0.15, -0.1) is 0 Å². The molecule has 1 aromatic carbocycles. The minimum absolute atomic E-state index is 0.0708. The van der Waals surface area contributed by atoms with Gasteiger partial charge in [-0.25, -0.2) is 0 Å². The number of anilines is 2. The quantitative estimate of drug-likeness (QED) is 0.278. The highest BCUT2D eigenvalue weighted by molar-refractivity contribution is 6.19. The first-order valence-electron chi connectivity index (χ1n) is 14.4.